The molecule has 0 aromatic heterocycles. The SMILES string of the molecule is CN(c1ccc(Cl)c(C(=O)NCCOc2cccc3ccccc23)c1)S(C)(=O)=O. The van der Waals surface area contributed by atoms with E-state index in [9.17, 15) is 13.2 Å². The molecule has 3 aromatic rings. The highest BCUT2D eigenvalue weighted by molar-refractivity contribution is 7.92. The fraction of sp³-hybridized carbons (Fsp3) is 0.190. The molecule has 0 atom stereocenters. The van der Waals surface area contributed by atoms with Crippen LogP contribution in [0.5, 0.6) is 5.75 Å². The van der Waals surface area contributed by atoms with Crippen molar-refractivity contribution in [2.75, 3.05) is 30.8 Å². The quantitative estimate of drug-likeness (QED) is 0.577. The Bertz CT molecular complexity index is 1140. The third kappa shape index (κ3) is 4.99. The van der Waals surface area contributed by atoms with Crippen LogP contribution in [0.15, 0.2) is 60.7 Å². The molecular weight excluding hydrogens is 412 g/mol. The van der Waals surface area contributed by atoms with Crippen LogP contribution in [0.4, 0.5) is 5.69 Å². The summed E-state index contributed by atoms with van der Waals surface area (Å²) in [4.78, 5) is 12.5. The molecule has 1 N–H and O–H groups in total. The zero-order chi connectivity index (χ0) is 21.0. The minimum atomic E-state index is -3.44. The van der Waals surface area contributed by atoms with E-state index in [1.54, 1.807) is 6.07 Å². The number of nitrogens with zero attached hydrogens (tertiary/aromatic N) is 1. The largest absolute Gasteiger partial charge is 0.491 e. The molecule has 0 saturated heterocycles. The molecule has 0 bridgehead atoms. The summed E-state index contributed by atoms with van der Waals surface area (Å²) in [5.41, 5.74) is 0.555. The van der Waals surface area contributed by atoms with Crippen molar-refractivity contribution in [3.63, 3.8) is 0 Å². The highest BCUT2D eigenvalue weighted by Crippen LogP contribution is 2.25. The highest BCUT2D eigenvalue weighted by Gasteiger charge is 2.16. The summed E-state index contributed by atoms with van der Waals surface area (Å²) < 4.78 is 30.3. The number of fused-ring (bicyclic) bond motifs is 1. The first kappa shape index (κ1) is 21.0. The van der Waals surface area contributed by atoms with Crippen LogP contribution in [0.2, 0.25) is 5.02 Å². The van der Waals surface area contributed by atoms with Crippen LogP contribution in [0.3, 0.4) is 0 Å². The maximum atomic E-state index is 12.5. The second kappa shape index (κ2) is 8.71. The van der Waals surface area contributed by atoms with Gasteiger partial charge in [0.2, 0.25) is 10.0 Å². The lowest BCUT2D eigenvalue weighted by atomic mass is 10.1. The molecule has 0 unspecified atom stereocenters. The first-order valence-corrected chi connectivity index (χ1v) is 11.1. The topological polar surface area (TPSA) is 75.7 Å². The maximum absolute atomic E-state index is 12.5. The number of ether oxygens (including phenoxy) is 1. The van der Waals surface area contributed by atoms with Gasteiger partial charge in [0.25, 0.3) is 5.91 Å². The summed E-state index contributed by atoms with van der Waals surface area (Å²) in [6.07, 6.45) is 1.09. The summed E-state index contributed by atoms with van der Waals surface area (Å²) in [5.74, 6) is 0.340. The summed E-state index contributed by atoms with van der Waals surface area (Å²) in [6.45, 7) is 0.546. The molecule has 8 heteroatoms. The summed E-state index contributed by atoms with van der Waals surface area (Å²) in [6, 6.07) is 18.2. The van der Waals surface area contributed by atoms with Crippen molar-refractivity contribution in [2.24, 2.45) is 0 Å². The van der Waals surface area contributed by atoms with Gasteiger partial charge >= 0.3 is 0 Å². The highest BCUT2D eigenvalue weighted by atomic mass is 35.5. The van der Waals surface area contributed by atoms with Crippen molar-refractivity contribution >= 4 is 44.0 Å². The zero-order valence-electron chi connectivity index (χ0n) is 16.1. The summed E-state index contributed by atoms with van der Waals surface area (Å²) in [5, 5.41) is 5.06. The number of nitrogens with one attached hydrogen (secondary N) is 1. The summed E-state index contributed by atoms with van der Waals surface area (Å²) in [7, 11) is -2.03. The van der Waals surface area contributed by atoms with Gasteiger partial charge in [0.05, 0.1) is 29.1 Å². The van der Waals surface area contributed by atoms with E-state index in [0.29, 0.717) is 5.69 Å². The van der Waals surface area contributed by atoms with E-state index in [4.69, 9.17) is 16.3 Å². The Morgan fingerprint density at radius 3 is 2.59 bits per heavy atom. The Morgan fingerprint density at radius 1 is 1.10 bits per heavy atom. The smallest absolute Gasteiger partial charge is 0.252 e. The Balaban J connectivity index is 1.64. The molecule has 0 spiro atoms. The monoisotopic (exact) mass is 432 g/mol. The third-order valence-electron chi connectivity index (χ3n) is 4.45. The van der Waals surface area contributed by atoms with Gasteiger partial charge in [-0.1, -0.05) is 48.0 Å². The molecule has 0 heterocycles. The number of benzene rings is 3. The van der Waals surface area contributed by atoms with Crippen molar-refractivity contribution in [1.82, 2.24) is 5.32 Å². The molecule has 3 rings (SSSR count). The van der Waals surface area contributed by atoms with Crippen molar-refractivity contribution in [2.45, 2.75) is 0 Å². The molecule has 0 fully saturated rings. The number of amides is 1. The van der Waals surface area contributed by atoms with E-state index in [2.05, 4.69) is 5.32 Å². The van der Waals surface area contributed by atoms with Crippen LogP contribution in [0.25, 0.3) is 10.8 Å². The van der Waals surface area contributed by atoms with Gasteiger partial charge in [-0.15, -0.1) is 0 Å². The van der Waals surface area contributed by atoms with Crippen LogP contribution >= 0.6 is 11.6 Å². The van der Waals surface area contributed by atoms with Crippen LogP contribution in [0, 0.1) is 0 Å². The number of anilines is 1. The van der Waals surface area contributed by atoms with Gasteiger partial charge in [0.15, 0.2) is 0 Å². The molecule has 152 valence electrons. The Morgan fingerprint density at radius 2 is 1.83 bits per heavy atom. The molecule has 6 nitrogen and oxygen atoms in total. The number of halogens is 1. The van der Waals surface area contributed by atoms with Crippen molar-refractivity contribution in [3.05, 3.63) is 71.2 Å². The molecule has 0 aliphatic rings. The molecular formula is C21H21ClN2O4S. The number of hydrogen-bond donors (Lipinski definition) is 1. The standard InChI is InChI=1S/C21H21ClN2O4S/c1-24(29(2,26)27)16-10-11-19(22)18(14-16)21(25)23-12-13-28-20-9-5-7-15-6-3-4-8-17(15)20/h3-11,14H,12-13H2,1-2H3,(H,23,25). The van der Waals surface area contributed by atoms with Crippen LogP contribution < -0.4 is 14.4 Å². The van der Waals surface area contributed by atoms with Gasteiger partial charge in [-0.05, 0) is 29.7 Å². The molecule has 0 radical (unpaired) electrons. The molecule has 0 saturated carbocycles. The molecule has 0 aliphatic heterocycles. The lowest BCUT2D eigenvalue weighted by molar-refractivity contribution is 0.0947. The fourth-order valence-electron chi connectivity index (χ4n) is 2.82. The van der Waals surface area contributed by atoms with Crippen molar-refractivity contribution in [3.8, 4) is 5.75 Å². The molecule has 3 aromatic carbocycles. The lowest BCUT2D eigenvalue weighted by Gasteiger charge is -2.18. The predicted octanol–water partition coefficient (Wildman–Crippen LogP) is 3.70. The van der Waals surface area contributed by atoms with E-state index in [-0.39, 0.29) is 23.7 Å². The van der Waals surface area contributed by atoms with Crippen LogP contribution in [0.1, 0.15) is 10.4 Å². The average molecular weight is 433 g/mol. The van der Waals surface area contributed by atoms with Crippen LogP contribution in [-0.2, 0) is 10.0 Å². The Hall–Kier alpha value is -2.77. The minimum Gasteiger partial charge on any atom is -0.491 e. The van der Waals surface area contributed by atoms with E-state index in [0.717, 1.165) is 27.1 Å². The van der Waals surface area contributed by atoms with E-state index < -0.39 is 15.9 Å². The number of rotatable bonds is 7. The third-order valence-corrected chi connectivity index (χ3v) is 5.99. The van der Waals surface area contributed by atoms with Gasteiger partial charge in [0, 0.05) is 12.4 Å². The number of carbonyl (C=O) groups is 1. The van der Waals surface area contributed by atoms with Crippen molar-refractivity contribution in [1.29, 1.82) is 0 Å². The average Bonchev–Trinajstić information content (AvgIpc) is 2.70. The molecule has 29 heavy (non-hydrogen) atoms. The number of sulfonamides is 1. The zero-order valence-corrected chi connectivity index (χ0v) is 17.6. The Labute approximate surface area is 175 Å². The van der Waals surface area contributed by atoms with Crippen LogP contribution in [-0.4, -0.2) is 40.8 Å². The molecule has 1 amide bonds. The van der Waals surface area contributed by atoms with Crippen molar-refractivity contribution < 1.29 is 17.9 Å². The predicted molar refractivity (Wildman–Crippen MR) is 116 cm³/mol. The van der Waals surface area contributed by atoms with E-state index in [1.165, 1.54) is 19.2 Å². The van der Waals surface area contributed by atoms with Gasteiger partial charge in [-0.25, -0.2) is 8.42 Å². The van der Waals surface area contributed by atoms with Gasteiger partial charge in [0.1, 0.15) is 12.4 Å². The Kier molecular flexibility index (Phi) is 6.30. The first-order chi connectivity index (χ1) is 13.8. The lowest BCUT2D eigenvalue weighted by Crippen LogP contribution is -2.29. The van der Waals surface area contributed by atoms with Gasteiger partial charge < -0.3 is 10.1 Å². The van der Waals surface area contributed by atoms with E-state index in [1.807, 2.05) is 42.5 Å². The molecule has 0 aliphatic carbocycles. The summed E-state index contributed by atoms with van der Waals surface area (Å²) >= 11 is 6.12. The minimum absolute atomic E-state index is 0.199. The number of carbonyl (C=O) groups excluding carboxylic acids is 1. The fourth-order valence-corrected chi connectivity index (χ4v) is 3.52. The first-order valence-electron chi connectivity index (χ1n) is 8.89. The maximum Gasteiger partial charge on any atom is 0.252 e. The van der Waals surface area contributed by atoms with Gasteiger partial charge in [-0.3, -0.25) is 9.10 Å². The van der Waals surface area contributed by atoms with E-state index >= 15 is 0 Å². The number of hydrogen-bond acceptors (Lipinski definition) is 4. The second-order valence-corrected chi connectivity index (χ2v) is 8.90. The van der Waals surface area contributed by atoms with Gasteiger partial charge in [-0.2, -0.15) is 0 Å². The normalized spacial score (nSPS) is 11.3. The second-order valence-electron chi connectivity index (χ2n) is 6.48.